The lowest BCUT2D eigenvalue weighted by molar-refractivity contribution is 0.0995. The van der Waals surface area contributed by atoms with Crippen LogP contribution in [0.5, 0.6) is 0 Å². The zero-order chi connectivity index (χ0) is 22.2. The molecule has 0 saturated heterocycles. The summed E-state index contributed by atoms with van der Waals surface area (Å²) in [5.74, 6) is -0.172. The summed E-state index contributed by atoms with van der Waals surface area (Å²) >= 11 is 12.4. The predicted octanol–water partition coefficient (Wildman–Crippen LogP) is 5.98. The van der Waals surface area contributed by atoms with E-state index >= 15 is 0 Å². The molecule has 0 amide bonds. The molecule has 5 aromatic rings. The van der Waals surface area contributed by atoms with Gasteiger partial charge in [0.2, 0.25) is 5.82 Å². The van der Waals surface area contributed by atoms with Crippen LogP contribution in [0.1, 0.15) is 27.4 Å². The average Bonchev–Trinajstić information content (AvgIpc) is 3.41. The number of benzene rings is 2. The molecule has 158 valence electrons. The van der Waals surface area contributed by atoms with Crippen molar-refractivity contribution in [3.05, 3.63) is 99.6 Å². The number of carbonyl (C=O) groups excluding carboxylic acids is 1. The van der Waals surface area contributed by atoms with Gasteiger partial charge >= 0.3 is 0 Å². The molecule has 0 aliphatic heterocycles. The van der Waals surface area contributed by atoms with Crippen LogP contribution in [0.15, 0.2) is 71.5 Å². The first-order chi connectivity index (χ1) is 15.5. The topological polar surface area (TPSA) is 73.8 Å². The van der Waals surface area contributed by atoms with Crippen molar-refractivity contribution in [3.8, 4) is 11.5 Å². The molecule has 3 heterocycles. The van der Waals surface area contributed by atoms with Crippen molar-refractivity contribution >= 4 is 39.9 Å². The van der Waals surface area contributed by atoms with E-state index in [4.69, 9.17) is 27.7 Å². The molecule has 5 rings (SSSR count). The fourth-order valence-corrected chi connectivity index (χ4v) is 4.05. The molecule has 6 nitrogen and oxygen atoms in total. The van der Waals surface area contributed by atoms with Crippen molar-refractivity contribution in [1.82, 2.24) is 19.7 Å². The maximum absolute atomic E-state index is 13.3. The van der Waals surface area contributed by atoms with Crippen molar-refractivity contribution in [2.24, 2.45) is 0 Å². The van der Waals surface area contributed by atoms with E-state index in [2.05, 4.69) is 15.1 Å². The SMILES string of the molecule is Cc1ccc2c(c1)c(C(=O)c1nc(-c3ccccn3)no1)cn2Cc1ccc(Cl)cc1Cl. The van der Waals surface area contributed by atoms with Crippen LogP contribution in [0.2, 0.25) is 10.0 Å². The molecule has 0 aliphatic rings. The number of pyridine rings is 1. The maximum Gasteiger partial charge on any atom is 0.299 e. The molecule has 32 heavy (non-hydrogen) atoms. The smallest absolute Gasteiger partial charge is 0.299 e. The molecule has 2 aromatic carbocycles. The van der Waals surface area contributed by atoms with E-state index in [1.165, 1.54) is 0 Å². The van der Waals surface area contributed by atoms with Gasteiger partial charge < -0.3 is 9.09 Å². The Hall–Kier alpha value is -3.48. The molecule has 0 aliphatic carbocycles. The number of halogens is 2. The van der Waals surface area contributed by atoms with Gasteiger partial charge in [0.1, 0.15) is 5.69 Å². The van der Waals surface area contributed by atoms with Gasteiger partial charge in [-0.2, -0.15) is 4.98 Å². The van der Waals surface area contributed by atoms with Crippen molar-refractivity contribution in [1.29, 1.82) is 0 Å². The van der Waals surface area contributed by atoms with Crippen LogP contribution >= 0.6 is 23.2 Å². The van der Waals surface area contributed by atoms with E-state index in [1.54, 1.807) is 36.7 Å². The zero-order valence-corrected chi connectivity index (χ0v) is 18.4. The number of hydrogen-bond acceptors (Lipinski definition) is 5. The Bertz CT molecular complexity index is 1460. The lowest BCUT2D eigenvalue weighted by atomic mass is 10.1. The lowest BCUT2D eigenvalue weighted by Gasteiger charge is -2.08. The van der Waals surface area contributed by atoms with Gasteiger partial charge in [0.15, 0.2) is 0 Å². The minimum Gasteiger partial charge on any atom is -0.342 e. The van der Waals surface area contributed by atoms with Gasteiger partial charge in [0.05, 0.1) is 5.56 Å². The van der Waals surface area contributed by atoms with Crippen molar-refractivity contribution < 1.29 is 9.32 Å². The third-order valence-corrected chi connectivity index (χ3v) is 5.74. The highest BCUT2D eigenvalue weighted by Gasteiger charge is 2.23. The number of rotatable bonds is 5. The summed E-state index contributed by atoms with van der Waals surface area (Å²) in [7, 11) is 0. The highest BCUT2D eigenvalue weighted by atomic mass is 35.5. The summed E-state index contributed by atoms with van der Waals surface area (Å²) in [6.07, 6.45) is 3.42. The van der Waals surface area contributed by atoms with Crippen LogP contribution in [-0.4, -0.2) is 25.5 Å². The molecule has 3 aromatic heterocycles. The monoisotopic (exact) mass is 462 g/mol. The number of hydrogen-bond donors (Lipinski definition) is 0. The number of nitrogens with zero attached hydrogens (tertiary/aromatic N) is 4. The second-order valence-electron chi connectivity index (χ2n) is 7.39. The standard InChI is InChI=1S/C24H16Cl2N4O2/c1-14-5-8-21-17(10-14)18(13-30(21)12-15-6-7-16(25)11-19(15)26)22(31)24-28-23(29-32-24)20-4-2-3-9-27-20/h2-11,13H,12H2,1H3. The van der Waals surface area contributed by atoms with Crippen LogP contribution in [0.4, 0.5) is 0 Å². The van der Waals surface area contributed by atoms with Gasteiger partial charge in [0, 0.05) is 39.9 Å². The lowest BCUT2D eigenvalue weighted by Crippen LogP contribution is -2.02. The summed E-state index contributed by atoms with van der Waals surface area (Å²) in [6.45, 7) is 2.46. The molecule has 0 saturated carbocycles. The molecule has 0 radical (unpaired) electrons. The normalized spacial score (nSPS) is 11.2. The molecule has 8 heteroatoms. The third kappa shape index (κ3) is 3.79. The van der Waals surface area contributed by atoms with E-state index in [0.717, 1.165) is 22.0 Å². The molecule has 0 bridgehead atoms. The van der Waals surface area contributed by atoms with E-state index in [9.17, 15) is 4.79 Å². The number of aromatic nitrogens is 4. The van der Waals surface area contributed by atoms with Gasteiger partial charge in [-0.25, -0.2) is 0 Å². The average molecular weight is 463 g/mol. The Morgan fingerprint density at radius 2 is 1.97 bits per heavy atom. The first-order valence-electron chi connectivity index (χ1n) is 9.83. The number of carbonyl (C=O) groups is 1. The predicted molar refractivity (Wildman–Crippen MR) is 123 cm³/mol. The fourth-order valence-electron chi connectivity index (χ4n) is 3.59. The Morgan fingerprint density at radius 3 is 2.75 bits per heavy atom. The summed E-state index contributed by atoms with van der Waals surface area (Å²) in [4.78, 5) is 21.8. The Labute approximate surface area is 193 Å². The van der Waals surface area contributed by atoms with Crippen LogP contribution in [0.25, 0.3) is 22.4 Å². The molecule has 0 atom stereocenters. The number of aryl methyl sites for hydroxylation is 1. The molecular weight excluding hydrogens is 447 g/mol. The molecular formula is C24H16Cl2N4O2. The van der Waals surface area contributed by atoms with Gasteiger partial charge in [0.25, 0.3) is 11.7 Å². The van der Waals surface area contributed by atoms with Crippen molar-refractivity contribution in [2.75, 3.05) is 0 Å². The van der Waals surface area contributed by atoms with Crippen LogP contribution < -0.4 is 0 Å². The van der Waals surface area contributed by atoms with E-state index < -0.39 is 0 Å². The molecule has 0 unspecified atom stereocenters. The minimum absolute atomic E-state index is 0.0873. The fraction of sp³-hybridized carbons (Fsp3) is 0.0833. The van der Waals surface area contributed by atoms with E-state index in [0.29, 0.717) is 27.8 Å². The minimum atomic E-state index is -0.351. The number of ketones is 1. The van der Waals surface area contributed by atoms with Crippen molar-refractivity contribution in [2.45, 2.75) is 13.5 Å². The maximum atomic E-state index is 13.3. The highest BCUT2D eigenvalue weighted by Crippen LogP contribution is 2.28. The van der Waals surface area contributed by atoms with Crippen LogP contribution in [0, 0.1) is 6.92 Å². The highest BCUT2D eigenvalue weighted by molar-refractivity contribution is 6.35. The second kappa shape index (κ2) is 8.22. The Morgan fingerprint density at radius 1 is 1.09 bits per heavy atom. The van der Waals surface area contributed by atoms with Gasteiger partial charge in [-0.3, -0.25) is 9.78 Å². The van der Waals surface area contributed by atoms with Crippen LogP contribution in [0.3, 0.4) is 0 Å². The van der Waals surface area contributed by atoms with Crippen molar-refractivity contribution in [3.63, 3.8) is 0 Å². The molecule has 0 spiro atoms. The van der Waals surface area contributed by atoms with Crippen LogP contribution in [-0.2, 0) is 6.54 Å². The summed E-state index contributed by atoms with van der Waals surface area (Å²) in [6, 6.07) is 16.7. The first kappa shape index (κ1) is 20.4. The quantitative estimate of drug-likeness (QED) is 0.300. The zero-order valence-electron chi connectivity index (χ0n) is 16.9. The Balaban J connectivity index is 1.56. The summed E-state index contributed by atoms with van der Waals surface area (Å²) < 4.78 is 7.26. The summed E-state index contributed by atoms with van der Waals surface area (Å²) in [5.41, 5.74) is 3.83. The Kier molecular flexibility index (Phi) is 5.25. The van der Waals surface area contributed by atoms with Gasteiger partial charge in [-0.1, -0.05) is 52.1 Å². The number of fused-ring (bicyclic) bond motifs is 1. The van der Waals surface area contributed by atoms with Gasteiger partial charge in [-0.15, -0.1) is 0 Å². The van der Waals surface area contributed by atoms with E-state index in [1.807, 2.05) is 41.8 Å². The molecule has 0 N–H and O–H groups in total. The third-order valence-electron chi connectivity index (χ3n) is 5.15. The largest absolute Gasteiger partial charge is 0.342 e. The van der Waals surface area contributed by atoms with Gasteiger partial charge in [-0.05, 0) is 48.9 Å². The molecule has 0 fully saturated rings. The second-order valence-corrected chi connectivity index (χ2v) is 8.24. The summed E-state index contributed by atoms with van der Waals surface area (Å²) in [5, 5.41) is 5.86. The first-order valence-corrected chi connectivity index (χ1v) is 10.6. The van der Waals surface area contributed by atoms with E-state index in [-0.39, 0.29) is 17.5 Å².